The van der Waals surface area contributed by atoms with E-state index in [-0.39, 0.29) is 24.8 Å². The number of hydrogen-bond acceptors (Lipinski definition) is 3. The number of nitrogens with zero attached hydrogens (tertiary/aromatic N) is 1. The fourth-order valence-electron chi connectivity index (χ4n) is 0.788. The lowest BCUT2D eigenvalue weighted by atomic mass is 10.2. The number of imidazole rings is 1. The van der Waals surface area contributed by atoms with Gasteiger partial charge in [0.1, 0.15) is 0 Å². The molecule has 0 aliphatic carbocycles. The summed E-state index contributed by atoms with van der Waals surface area (Å²) in [5.41, 5.74) is 11.7. The van der Waals surface area contributed by atoms with Gasteiger partial charge in [-0.05, 0) is 19.4 Å². The van der Waals surface area contributed by atoms with Crippen LogP contribution in [0.5, 0.6) is 0 Å². The second-order valence-corrected chi connectivity index (χ2v) is 2.17. The summed E-state index contributed by atoms with van der Waals surface area (Å²) in [4.78, 5) is 6.82. The molecule has 0 fully saturated rings. The Labute approximate surface area is 83.9 Å². The number of anilines is 1. The number of aryl methyl sites for hydroxylation is 1. The molecule has 0 atom stereocenters. The largest absolute Gasteiger partial charge is 0.369 e. The van der Waals surface area contributed by atoms with E-state index in [9.17, 15) is 0 Å². The highest BCUT2D eigenvalue weighted by Gasteiger charge is 1.95. The lowest BCUT2D eigenvalue weighted by molar-refractivity contribution is 0.816. The number of rotatable bonds is 3. The molecule has 72 valence electrons. The Bertz CT molecular complexity index is 201. The van der Waals surface area contributed by atoms with Gasteiger partial charge in [0.2, 0.25) is 0 Å². The summed E-state index contributed by atoms with van der Waals surface area (Å²) in [5.74, 6) is 0.479. The van der Waals surface area contributed by atoms with Gasteiger partial charge in [-0.2, -0.15) is 0 Å². The zero-order valence-corrected chi connectivity index (χ0v) is 8.25. The topological polar surface area (TPSA) is 80.7 Å². The Hall–Kier alpha value is -0.450. The predicted molar refractivity (Wildman–Crippen MR) is 54.9 cm³/mol. The first-order valence-electron chi connectivity index (χ1n) is 3.33. The summed E-state index contributed by atoms with van der Waals surface area (Å²) in [5, 5.41) is 0. The Morgan fingerprint density at radius 1 is 1.42 bits per heavy atom. The van der Waals surface area contributed by atoms with Crippen LogP contribution in [0.25, 0.3) is 0 Å². The van der Waals surface area contributed by atoms with E-state index < -0.39 is 0 Å². The molecule has 1 aromatic rings. The number of nitrogens with one attached hydrogen (secondary N) is 1. The van der Waals surface area contributed by atoms with Gasteiger partial charge in [-0.3, -0.25) is 0 Å². The van der Waals surface area contributed by atoms with Gasteiger partial charge in [0, 0.05) is 6.20 Å². The summed E-state index contributed by atoms with van der Waals surface area (Å²) in [6.45, 7) is 0.701. The van der Waals surface area contributed by atoms with Crippen LogP contribution in [0.2, 0.25) is 0 Å². The van der Waals surface area contributed by atoms with Crippen molar-refractivity contribution in [3.05, 3.63) is 11.9 Å². The van der Waals surface area contributed by atoms with Crippen LogP contribution in [0.4, 0.5) is 5.95 Å². The second-order valence-electron chi connectivity index (χ2n) is 2.17. The van der Waals surface area contributed by atoms with Gasteiger partial charge in [-0.1, -0.05) is 0 Å². The van der Waals surface area contributed by atoms with E-state index in [1.807, 2.05) is 6.20 Å². The number of H-pyrrole nitrogens is 1. The maximum atomic E-state index is 5.35. The van der Waals surface area contributed by atoms with Gasteiger partial charge >= 0.3 is 0 Å². The molecule has 0 unspecified atom stereocenters. The maximum Gasteiger partial charge on any atom is 0.197 e. The van der Waals surface area contributed by atoms with Crippen molar-refractivity contribution in [2.75, 3.05) is 12.3 Å². The molecule has 0 spiro atoms. The molecule has 0 amide bonds. The molecule has 12 heavy (non-hydrogen) atoms. The van der Waals surface area contributed by atoms with Gasteiger partial charge in [-0.25, -0.2) is 4.98 Å². The molecule has 1 rings (SSSR count). The minimum atomic E-state index is 0. The van der Waals surface area contributed by atoms with Gasteiger partial charge < -0.3 is 16.5 Å². The number of aromatic nitrogens is 2. The fraction of sp³-hybridized carbons (Fsp3) is 0.500. The minimum absolute atomic E-state index is 0. The van der Waals surface area contributed by atoms with Crippen LogP contribution < -0.4 is 11.5 Å². The SMILES string of the molecule is Cl.Cl.NCCCc1c[nH]c(N)n1. The summed E-state index contributed by atoms with van der Waals surface area (Å²) < 4.78 is 0. The van der Waals surface area contributed by atoms with Crippen molar-refractivity contribution in [1.29, 1.82) is 0 Å². The van der Waals surface area contributed by atoms with Crippen LogP contribution in [0.1, 0.15) is 12.1 Å². The maximum absolute atomic E-state index is 5.35. The van der Waals surface area contributed by atoms with Crippen molar-refractivity contribution in [3.8, 4) is 0 Å². The molecule has 0 aliphatic rings. The molecule has 0 aromatic carbocycles. The molecule has 6 heteroatoms. The van der Waals surface area contributed by atoms with Crippen LogP contribution in [0.3, 0.4) is 0 Å². The summed E-state index contributed by atoms with van der Waals surface area (Å²) in [6.07, 6.45) is 3.68. The molecule has 0 aliphatic heterocycles. The third kappa shape index (κ3) is 4.43. The van der Waals surface area contributed by atoms with Crippen molar-refractivity contribution < 1.29 is 0 Å². The normalized spacial score (nSPS) is 8.42. The molecule has 0 saturated carbocycles. The number of halogens is 2. The first-order chi connectivity index (χ1) is 4.83. The monoisotopic (exact) mass is 212 g/mol. The second kappa shape index (κ2) is 7.21. The van der Waals surface area contributed by atoms with Gasteiger partial charge in [0.05, 0.1) is 5.69 Å². The highest BCUT2D eigenvalue weighted by molar-refractivity contribution is 5.85. The first-order valence-corrected chi connectivity index (χ1v) is 3.33. The van der Waals surface area contributed by atoms with Gasteiger partial charge in [0.25, 0.3) is 0 Å². The number of hydrogen-bond donors (Lipinski definition) is 3. The van der Waals surface area contributed by atoms with E-state index in [1.165, 1.54) is 0 Å². The number of nitrogens with two attached hydrogens (primary N) is 2. The third-order valence-corrected chi connectivity index (χ3v) is 1.29. The van der Waals surface area contributed by atoms with Crippen LogP contribution >= 0.6 is 24.8 Å². The van der Waals surface area contributed by atoms with Crippen molar-refractivity contribution in [1.82, 2.24) is 9.97 Å². The molecule has 1 heterocycles. The predicted octanol–water partition coefficient (Wildman–Crippen LogP) is 0.727. The lowest BCUT2D eigenvalue weighted by Gasteiger charge is -1.89. The Morgan fingerprint density at radius 2 is 2.08 bits per heavy atom. The molecule has 5 N–H and O–H groups in total. The fourth-order valence-corrected chi connectivity index (χ4v) is 0.788. The van der Waals surface area contributed by atoms with Crippen molar-refractivity contribution in [3.63, 3.8) is 0 Å². The van der Waals surface area contributed by atoms with Crippen molar-refractivity contribution in [2.45, 2.75) is 12.8 Å². The lowest BCUT2D eigenvalue weighted by Crippen LogP contribution is -2.00. The summed E-state index contributed by atoms with van der Waals surface area (Å²) in [6, 6.07) is 0. The standard InChI is InChI=1S/C6H12N4.2ClH/c7-3-1-2-5-4-9-6(8)10-5;;/h4H,1-3,7H2,(H3,8,9,10);2*1H. The summed E-state index contributed by atoms with van der Waals surface area (Å²) >= 11 is 0. The highest BCUT2D eigenvalue weighted by atomic mass is 35.5. The molecule has 4 nitrogen and oxygen atoms in total. The van der Waals surface area contributed by atoms with E-state index in [1.54, 1.807) is 0 Å². The number of nitrogen functional groups attached to an aromatic ring is 1. The quantitative estimate of drug-likeness (QED) is 0.692. The van der Waals surface area contributed by atoms with E-state index in [0.29, 0.717) is 12.5 Å². The average Bonchev–Trinajstić information content (AvgIpc) is 2.31. The number of aromatic amines is 1. The molecule has 0 bridgehead atoms. The Morgan fingerprint density at radius 3 is 2.50 bits per heavy atom. The smallest absolute Gasteiger partial charge is 0.197 e. The van der Waals surface area contributed by atoms with Crippen LogP contribution in [0, 0.1) is 0 Å². The van der Waals surface area contributed by atoms with Gasteiger partial charge in [0.15, 0.2) is 5.95 Å². The molecular formula is C6H14Cl2N4. The van der Waals surface area contributed by atoms with E-state index >= 15 is 0 Å². The van der Waals surface area contributed by atoms with Gasteiger partial charge in [-0.15, -0.1) is 24.8 Å². The molecule has 0 radical (unpaired) electrons. The molecule has 1 aromatic heterocycles. The average molecular weight is 213 g/mol. The van der Waals surface area contributed by atoms with Crippen LogP contribution in [-0.4, -0.2) is 16.5 Å². The van der Waals surface area contributed by atoms with Crippen molar-refractivity contribution in [2.24, 2.45) is 5.73 Å². The Balaban J connectivity index is 0. The van der Waals surface area contributed by atoms with Crippen molar-refractivity contribution >= 4 is 30.8 Å². The molecular weight excluding hydrogens is 199 g/mol. The van der Waals surface area contributed by atoms with Crippen LogP contribution in [-0.2, 0) is 6.42 Å². The van der Waals surface area contributed by atoms with E-state index in [0.717, 1.165) is 18.5 Å². The first kappa shape index (κ1) is 14.1. The zero-order chi connectivity index (χ0) is 7.40. The van der Waals surface area contributed by atoms with E-state index in [4.69, 9.17) is 11.5 Å². The molecule has 0 saturated heterocycles. The highest BCUT2D eigenvalue weighted by Crippen LogP contribution is 1.99. The Kier molecular flexibility index (Phi) is 8.47. The summed E-state index contributed by atoms with van der Waals surface area (Å²) in [7, 11) is 0. The van der Waals surface area contributed by atoms with Crippen LogP contribution in [0.15, 0.2) is 6.20 Å². The van der Waals surface area contributed by atoms with E-state index in [2.05, 4.69) is 9.97 Å². The minimum Gasteiger partial charge on any atom is -0.369 e. The third-order valence-electron chi connectivity index (χ3n) is 1.29. The zero-order valence-electron chi connectivity index (χ0n) is 6.62.